The van der Waals surface area contributed by atoms with Crippen LogP contribution in [0.3, 0.4) is 0 Å². The van der Waals surface area contributed by atoms with E-state index < -0.39 is 0 Å². The highest BCUT2D eigenvalue weighted by molar-refractivity contribution is 5.78. The minimum absolute atomic E-state index is 0.235. The first kappa shape index (κ1) is 14.6. The molecule has 1 saturated carbocycles. The Bertz CT molecular complexity index is 412. The van der Waals surface area contributed by atoms with Crippen LogP contribution in [0.4, 0.5) is 11.5 Å². The van der Waals surface area contributed by atoms with Gasteiger partial charge in [0.15, 0.2) is 0 Å². The summed E-state index contributed by atoms with van der Waals surface area (Å²) < 4.78 is 0. The number of amides is 1. The number of rotatable bonds is 6. The van der Waals surface area contributed by atoms with E-state index in [1.807, 2.05) is 6.07 Å². The van der Waals surface area contributed by atoms with Crippen LogP contribution >= 0.6 is 0 Å². The Morgan fingerprint density at radius 1 is 1.25 bits per heavy atom. The number of nitrogens with two attached hydrogens (primary N) is 1. The maximum atomic E-state index is 11.9. The maximum absolute atomic E-state index is 11.9. The van der Waals surface area contributed by atoms with Gasteiger partial charge in [-0.3, -0.25) is 4.79 Å². The molecular formula is C15H24N4O. The van der Waals surface area contributed by atoms with Gasteiger partial charge in [-0.2, -0.15) is 0 Å². The van der Waals surface area contributed by atoms with E-state index in [4.69, 9.17) is 5.73 Å². The normalized spacial score (nSPS) is 15.8. The predicted octanol–water partition coefficient (Wildman–Crippen LogP) is 2.16. The van der Waals surface area contributed by atoms with E-state index in [1.165, 1.54) is 19.3 Å². The van der Waals surface area contributed by atoms with E-state index in [9.17, 15) is 4.79 Å². The SMILES string of the molecule is Nc1ccc(NCCCNC(=O)C2CCCCC2)cn1. The summed E-state index contributed by atoms with van der Waals surface area (Å²) in [5.74, 6) is 1.01. The average molecular weight is 276 g/mol. The van der Waals surface area contributed by atoms with E-state index in [-0.39, 0.29) is 11.8 Å². The zero-order chi connectivity index (χ0) is 14.2. The molecule has 0 aromatic carbocycles. The highest BCUT2D eigenvalue weighted by Gasteiger charge is 2.20. The van der Waals surface area contributed by atoms with Crippen molar-refractivity contribution in [2.75, 3.05) is 24.1 Å². The van der Waals surface area contributed by atoms with E-state index in [1.54, 1.807) is 12.3 Å². The van der Waals surface area contributed by atoms with Gasteiger partial charge in [0.2, 0.25) is 5.91 Å². The summed E-state index contributed by atoms with van der Waals surface area (Å²) in [6, 6.07) is 3.68. The van der Waals surface area contributed by atoms with Gasteiger partial charge in [-0.1, -0.05) is 19.3 Å². The molecule has 1 fully saturated rings. The van der Waals surface area contributed by atoms with Gasteiger partial charge in [-0.15, -0.1) is 0 Å². The first-order valence-corrected chi connectivity index (χ1v) is 7.49. The summed E-state index contributed by atoms with van der Waals surface area (Å²) in [5.41, 5.74) is 6.48. The van der Waals surface area contributed by atoms with Crippen LogP contribution in [-0.4, -0.2) is 24.0 Å². The van der Waals surface area contributed by atoms with Gasteiger partial charge < -0.3 is 16.4 Å². The summed E-state index contributed by atoms with van der Waals surface area (Å²) in [5, 5.41) is 6.29. The number of aromatic nitrogens is 1. The lowest BCUT2D eigenvalue weighted by Gasteiger charge is -2.20. The monoisotopic (exact) mass is 276 g/mol. The molecule has 1 amide bonds. The van der Waals surface area contributed by atoms with Gasteiger partial charge in [-0.25, -0.2) is 4.98 Å². The highest BCUT2D eigenvalue weighted by atomic mass is 16.1. The molecule has 4 N–H and O–H groups in total. The molecule has 1 aliphatic carbocycles. The molecule has 5 heteroatoms. The van der Waals surface area contributed by atoms with Crippen molar-refractivity contribution < 1.29 is 4.79 Å². The second-order valence-corrected chi connectivity index (χ2v) is 5.38. The fourth-order valence-electron chi connectivity index (χ4n) is 2.55. The van der Waals surface area contributed by atoms with E-state index in [0.29, 0.717) is 5.82 Å². The molecule has 0 bridgehead atoms. The van der Waals surface area contributed by atoms with Crippen molar-refractivity contribution in [3.8, 4) is 0 Å². The molecule has 1 heterocycles. The topological polar surface area (TPSA) is 80.0 Å². The van der Waals surface area contributed by atoms with Crippen LogP contribution < -0.4 is 16.4 Å². The van der Waals surface area contributed by atoms with Crippen LogP contribution in [0.15, 0.2) is 18.3 Å². The van der Waals surface area contributed by atoms with Crippen LogP contribution in [0.5, 0.6) is 0 Å². The third-order valence-corrected chi connectivity index (χ3v) is 3.74. The third-order valence-electron chi connectivity index (χ3n) is 3.74. The van der Waals surface area contributed by atoms with Gasteiger partial charge >= 0.3 is 0 Å². The zero-order valence-corrected chi connectivity index (χ0v) is 11.9. The number of anilines is 2. The summed E-state index contributed by atoms with van der Waals surface area (Å²) in [6.45, 7) is 1.54. The van der Waals surface area contributed by atoms with Crippen molar-refractivity contribution in [3.63, 3.8) is 0 Å². The first-order valence-electron chi connectivity index (χ1n) is 7.49. The van der Waals surface area contributed by atoms with Gasteiger partial charge in [0.1, 0.15) is 5.82 Å². The van der Waals surface area contributed by atoms with Crippen LogP contribution in [0, 0.1) is 5.92 Å². The fraction of sp³-hybridized carbons (Fsp3) is 0.600. The number of nitrogens with one attached hydrogen (secondary N) is 2. The number of hydrogen-bond acceptors (Lipinski definition) is 4. The maximum Gasteiger partial charge on any atom is 0.223 e. The molecule has 1 aromatic rings. The minimum Gasteiger partial charge on any atom is -0.384 e. The average Bonchev–Trinajstić information content (AvgIpc) is 2.49. The Kier molecular flexibility index (Phi) is 5.65. The fourth-order valence-corrected chi connectivity index (χ4v) is 2.55. The van der Waals surface area contributed by atoms with Crippen molar-refractivity contribution in [1.82, 2.24) is 10.3 Å². The summed E-state index contributed by atoms with van der Waals surface area (Å²) in [6.07, 6.45) is 8.41. The molecule has 1 aliphatic rings. The van der Waals surface area contributed by atoms with Gasteiger partial charge in [0.25, 0.3) is 0 Å². The number of carbonyl (C=O) groups excluding carboxylic acids is 1. The summed E-state index contributed by atoms with van der Waals surface area (Å²) in [4.78, 5) is 15.9. The third kappa shape index (κ3) is 4.72. The van der Waals surface area contributed by atoms with E-state index in [2.05, 4.69) is 15.6 Å². The molecule has 0 saturated heterocycles. The predicted molar refractivity (Wildman–Crippen MR) is 81.3 cm³/mol. The second kappa shape index (κ2) is 7.72. The summed E-state index contributed by atoms with van der Waals surface area (Å²) in [7, 11) is 0. The summed E-state index contributed by atoms with van der Waals surface area (Å²) >= 11 is 0. The number of nitrogen functional groups attached to an aromatic ring is 1. The molecule has 5 nitrogen and oxygen atoms in total. The van der Waals surface area contributed by atoms with Crippen molar-refractivity contribution in [2.24, 2.45) is 5.92 Å². The molecule has 2 rings (SSSR count). The molecule has 1 aromatic heterocycles. The molecule has 0 radical (unpaired) electrons. The minimum atomic E-state index is 0.235. The van der Waals surface area contributed by atoms with Gasteiger partial charge in [-0.05, 0) is 31.4 Å². The van der Waals surface area contributed by atoms with Crippen molar-refractivity contribution in [1.29, 1.82) is 0 Å². The Morgan fingerprint density at radius 2 is 2.05 bits per heavy atom. The Labute approximate surface area is 120 Å². The molecule has 0 aliphatic heterocycles. The Balaban J connectivity index is 1.57. The number of nitrogens with zero attached hydrogens (tertiary/aromatic N) is 1. The number of pyridine rings is 1. The lowest BCUT2D eigenvalue weighted by atomic mass is 9.89. The van der Waals surface area contributed by atoms with Crippen molar-refractivity contribution >= 4 is 17.4 Å². The van der Waals surface area contributed by atoms with Crippen molar-refractivity contribution in [2.45, 2.75) is 38.5 Å². The molecule has 0 spiro atoms. The van der Waals surface area contributed by atoms with Gasteiger partial charge in [0.05, 0.1) is 11.9 Å². The number of hydrogen-bond donors (Lipinski definition) is 3. The molecule has 0 atom stereocenters. The standard InChI is InChI=1S/C15H24N4O/c16-14-8-7-13(11-19-14)17-9-4-10-18-15(20)12-5-2-1-3-6-12/h7-8,11-12,17H,1-6,9-10H2,(H2,16,19)(H,18,20). The van der Waals surface area contributed by atoms with E-state index >= 15 is 0 Å². The van der Waals surface area contributed by atoms with Crippen LogP contribution in [0.2, 0.25) is 0 Å². The molecular weight excluding hydrogens is 252 g/mol. The smallest absolute Gasteiger partial charge is 0.223 e. The molecule has 110 valence electrons. The van der Waals surface area contributed by atoms with Crippen LogP contribution in [0.25, 0.3) is 0 Å². The van der Waals surface area contributed by atoms with Crippen LogP contribution in [0.1, 0.15) is 38.5 Å². The number of carbonyl (C=O) groups is 1. The van der Waals surface area contributed by atoms with Gasteiger partial charge in [0, 0.05) is 19.0 Å². The largest absolute Gasteiger partial charge is 0.384 e. The molecule has 0 unspecified atom stereocenters. The zero-order valence-electron chi connectivity index (χ0n) is 11.9. The second-order valence-electron chi connectivity index (χ2n) is 5.38. The Hall–Kier alpha value is -1.78. The lowest BCUT2D eigenvalue weighted by molar-refractivity contribution is -0.125. The first-order chi connectivity index (χ1) is 9.75. The van der Waals surface area contributed by atoms with Crippen LogP contribution in [-0.2, 0) is 4.79 Å². The lowest BCUT2D eigenvalue weighted by Crippen LogP contribution is -2.33. The highest BCUT2D eigenvalue weighted by Crippen LogP contribution is 2.23. The van der Waals surface area contributed by atoms with E-state index in [0.717, 1.165) is 38.0 Å². The van der Waals surface area contributed by atoms with Crippen molar-refractivity contribution in [3.05, 3.63) is 18.3 Å². The molecule has 20 heavy (non-hydrogen) atoms. The quantitative estimate of drug-likeness (QED) is 0.696. The Morgan fingerprint density at radius 3 is 2.75 bits per heavy atom.